The van der Waals surface area contributed by atoms with Gasteiger partial charge in [0.1, 0.15) is 5.52 Å². The fourth-order valence-electron chi connectivity index (χ4n) is 2.32. The zero-order valence-electron chi connectivity index (χ0n) is 13.1. The number of rotatable bonds is 5. The van der Waals surface area contributed by atoms with Gasteiger partial charge in [0.05, 0.1) is 11.9 Å². The van der Waals surface area contributed by atoms with Crippen LogP contribution in [0.15, 0.2) is 47.3 Å². The lowest BCUT2D eigenvalue weighted by Gasteiger charge is -2.08. The van der Waals surface area contributed by atoms with Crippen LogP contribution in [-0.2, 0) is 17.9 Å². The molecule has 0 aliphatic heterocycles. The summed E-state index contributed by atoms with van der Waals surface area (Å²) < 4.78 is 1.19. The van der Waals surface area contributed by atoms with Crippen LogP contribution >= 0.6 is 23.2 Å². The maximum Gasteiger partial charge on any atom is 0.277 e. The van der Waals surface area contributed by atoms with Gasteiger partial charge in [-0.05, 0) is 29.8 Å². The molecule has 25 heavy (non-hydrogen) atoms. The summed E-state index contributed by atoms with van der Waals surface area (Å²) in [4.78, 5) is 24.3. The largest absolute Gasteiger partial charge is 0.352 e. The van der Waals surface area contributed by atoms with Crippen molar-refractivity contribution in [3.05, 3.63) is 68.4 Å². The molecule has 0 aliphatic rings. The molecule has 128 valence electrons. The average Bonchev–Trinajstić information content (AvgIpc) is 2.60. The lowest BCUT2D eigenvalue weighted by Crippen LogP contribution is -2.29. The minimum atomic E-state index is -0.265. The Morgan fingerprint density at radius 2 is 1.96 bits per heavy atom. The lowest BCUT2D eigenvalue weighted by atomic mass is 10.2. The summed E-state index contributed by atoms with van der Waals surface area (Å²) in [5.41, 5.74) is 1.03. The molecule has 0 saturated carbocycles. The van der Waals surface area contributed by atoms with Crippen molar-refractivity contribution >= 4 is 40.0 Å². The molecule has 0 unspecified atom stereocenters. The highest BCUT2D eigenvalue weighted by atomic mass is 35.5. The van der Waals surface area contributed by atoms with Gasteiger partial charge in [0.25, 0.3) is 5.56 Å². The number of carbonyl (C=O) groups excluding carboxylic acids is 1. The number of fused-ring (bicyclic) bond motifs is 1. The van der Waals surface area contributed by atoms with E-state index in [0.29, 0.717) is 20.9 Å². The first kappa shape index (κ1) is 17.4. The number of aromatic nitrogens is 3. The van der Waals surface area contributed by atoms with Gasteiger partial charge in [-0.3, -0.25) is 9.59 Å². The second kappa shape index (κ2) is 7.63. The molecule has 1 aromatic heterocycles. The third-order valence-corrected chi connectivity index (χ3v) is 4.26. The van der Waals surface area contributed by atoms with Crippen molar-refractivity contribution in [1.29, 1.82) is 0 Å². The molecule has 1 amide bonds. The van der Waals surface area contributed by atoms with Crippen molar-refractivity contribution in [2.45, 2.75) is 19.5 Å². The Bertz CT molecular complexity index is 988. The number of hydrogen-bond donors (Lipinski definition) is 1. The van der Waals surface area contributed by atoms with E-state index < -0.39 is 0 Å². The van der Waals surface area contributed by atoms with E-state index in [-0.39, 0.29) is 31.0 Å². The first-order chi connectivity index (χ1) is 12.0. The minimum absolute atomic E-state index is 0.109. The predicted octanol–water partition coefficient (Wildman–Crippen LogP) is 2.80. The molecule has 8 heteroatoms. The Labute approximate surface area is 153 Å². The van der Waals surface area contributed by atoms with Crippen LogP contribution in [0.5, 0.6) is 0 Å². The Balaban J connectivity index is 1.61. The molecule has 2 aromatic carbocycles. The SMILES string of the molecule is O=C(CCn1nnc2ccccc2c1=O)NCc1ccc(Cl)cc1Cl. The number of nitrogens with zero attached hydrogens (tertiary/aromatic N) is 3. The van der Waals surface area contributed by atoms with Crippen LogP contribution in [0.4, 0.5) is 0 Å². The first-order valence-corrected chi connectivity index (χ1v) is 8.33. The fraction of sp³-hybridized carbons (Fsp3) is 0.176. The smallest absolute Gasteiger partial charge is 0.277 e. The van der Waals surface area contributed by atoms with Gasteiger partial charge in [-0.15, -0.1) is 5.10 Å². The monoisotopic (exact) mass is 376 g/mol. The molecule has 0 saturated heterocycles. The molecule has 1 heterocycles. The van der Waals surface area contributed by atoms with E-state index in [9.17, 15) is 9.59 Å². The van der Waals surface area contributed by atoms with Crippen LogP contribution in [0.25, 0.3) is 10.9 Å². The normalized spacial score (nSPS) is 10.8. The molecule has 0 atom stereocenters. The van der Waals surface area contributed by atoms with Crippen molar-refractivity contribution < 1.29 is 4.79 Å². The maximum atomic E-state index is 12.3. The molecule has 3 rings (SSSR count). The standard InChI is InChI=1S/C17H14Cl2N4O2/c18-12-6-5-11(14(19)9-12)10-20-16(24)7-8-23-17(25)13-3-1-2-4-15(13)21-22-23/h1-6,9H,7-8,10H2,(H,20,24). The van der Waals surface area contributed by atoms with Crippen LogP contribution in [-0.4, -0.2) is 20.9 Å². The van der Waals surface area contributed by atoms with Crippen LogP contribution in [0.1, 0.15) is 12.0 Å². The second-order valence-corrected chi connectivity index (χ2v) is 6.24. The second-order valence-electron chi connectivity index (χ2n) is 5.40. The molecular formula is C17H14Cl2N4O2. The third kappa shape index (κ3) is 4.15. The average molecular weight is 377 g/mol. The molecule has 6 nitrogen and oxygen atoms in total. The summed E-state index contributed by atoms with van der Waals surface area (Å²) in [5, 5.41) is 12.1. The summed E-state index contributed by atoms with van der Waals surface area (Å²) in [5.74, 6) is -0.215. The molecule has 3 aromatic rings. The van der Waals surface area contributed by atoms with Gasteiger partial charge in [0.15, 0.2) is 0 Å². The zero-order chi connectivity index (χ0) is 17.8. The minimum Gasteiger partial charge on any atom is -0.352 e. The van der Waals surface area contributed by atoms with E-state index >= 15 is 0 Å². The Hall–Kier alpha value is -2.44. The zero-order valence-corrected chi connectivity index (χ0v) is 14.6. The van der Waals surface area contributed by atoms with Crippen LogP contribution in [0.2, 0.25) is 10.0 Å². The van der Waals surface area contributed by atoms with Crippen LogP contribution in [0, 0.1) is 0 Å². The van der Waals surface area contributed by atoms with Crippen molar-refractivity contribution in [3.8, 4) is 0 Å². The van der Waals surface area contributed by atoms with Crippen molar-refractivity contribution in [1.82, 2.24) is 20.3 Å². The van der Waals surface area contributed by atoms with Crippen molar-refractivity contribution in [2.75, 3.05) is 0 Å². The first-order valence-electron chi connectivity index (χ1n) is 7.58. The number of hydrogen-bond acceptors (Lipinski definition) is 4. The summed E-state index contributed by atoms with van der Waals surface area (Å²) in [6.07, 6.45) is 0.109. The van der Waals surface area contributed by atoms with Crippen molar-refractivity contribution in [3.63, 3.8) is 0 Å². The molecule has 0 fully saturated rings. The van der Waals surface area contributed by atoms with Gasteiger partial charge in [-0.25, -0.2) is 4.68 Å². The van der Waals surface area contributed by atoms with Crippen LogP contribution in [0.3, 0.4) is 0 Å². The van der Waals surface area contributed by atoms with E-state index in [1.54, 1.807) is 42.5 Å². The molecular weight excluding hydrogens is 363 g/mol. The fourth-order valence-corrected chi connectivity index (χ4v) is 2.80. The van der Waals surface area contributed by atoms with Gasteiger partial charge in [0, 0.05) is 23.0 Å². The summed E-state index contributed by atoms with van der Waals surface area (Å²) in [6, 6.07) is 12.0. The highest BCUT2D eigenvalue weighted by molar-refractivity contribution is 6.35. The summed E-state index contributed by atoms with van der Waals surface area (Å²) >= 11 is 11.9. The lowest BCUT2D eigenvalue weighted by molar-refractivity contribution is -0.121. The molecule has 0 spiro atoms. The van der Waals surface area contributed by atoms with Crippen LogP contribution < -0.4 is 10.9 Å². The highest BCUT2D eigenvalue weighted by Crippen LogP contribution is 2.20. The number of halogens is 2. The van der Waals surface area contributed by atoms with E-state index in [2.05, 4.69) is 15.6 Å². The predicted molar refractivity (Wildman–Crippen MR) is 96.7 cm³/mol. The van der Waals surface area contributed by atoms with E-state index in [4.69, 9.17) is 23.2 Å². The van der Waals surface area contributed by atoms with Gasteiger partial charge in [0.2, 0.25) is 5.91 Å². The number of nitrogens with one attached hydrogen (secondary N) is 1. The highest BCUT2D eigenvalue weighted by Gasteiger charge is 2.08. The number of carbonyl (C=O) groups is 1. The van der Waals surface area contributed by atoms with E-state index in [1.165, 1.54) is 4.68 Å². The Morgan fingerprint density at radius 3 is 2.76 bits per heavy atom. The molecule has 0 aliphatic carbocycles. The summed E-state index contributed by atoms with van der Waals surface area (Å²) in [7, 11) is 0. The van der Waals surface area contributed by atoms with Gasteiger partial charge in [-0.2, -0.15) is 0 Å². The number of benzene rings is 2. The van der Waals surface area contributed by atoms with Gasteiger partial charge >= 0.3 is 0 Å². The summed E-state index contributed by atoms with van der Waals surface area (Å²) in [6.45, 7) is 0.435. The Morgan fingerprint density at radius 1 is 1.16 bits per heavy atom. The Kier molecular flexibility index (Phi) is 5.31. The quantitative estimate of drug-likeness (QED) is 0.742. The molecule has 0 bridgehead atoms. The van der Waals surface area contributed by atoms with Crippen molar-refractivity contribution in [2.24, 2.45) is 0 Å². The maximum absolute atomic E-state index is 12.3. The van der Waals surface area contributed by atoms with E-state index in [0.717, 1.165) is 5.56 Å². The molecule has 0 radical (unpaired) electrons. The molecule has 1 N–H and O–H groups in total. The third-order valence-electron chi connectivity index (χ3n) is 3.67. The van der Waals surface area contributed by atoms with Gasteiger partial charge < -0.3 is 5.32 Å². The van der Waals surface area contributed by atoms with Gasteiger partial charge in [-0.1, -0.05) is 46.6 Å². The van der Waals surface area contributed by atoms with E-state index in [1.807, 2.05) is 0 Å². The number of amides is 1. The number of aryl methyl sites for hydroxylation is 1. The topological polar surface area (TPSA) is 76.9 Å².